The van der Waals surface area contributed by atoms with Crippen LogP contribution in [0.2, 0.25) is 5.82 Å². The van der Waals surface area contributed by atoms with Crippen LogP contribution in [-0.4, -0.2) is 51.4 Å². The second kappa shape index (κ2) is 28.8. The van der Waals surface area contributed by atoms with Crippen LogP contribution in [0.15, 0.2) is 0 Å². The largest absolute Gasteiger partial charge is 2.00 e. The van der Waals surface area contributed by atoms with E-state index in [0.717, 1.165) is 26.4 Å². The molecule has 0 bridgehead atoms. The van der Waals surface area contributed by atoms with Gasteiger partial charge in [0.05, 0.1) is 7.85 Å². The molecule has 0 aromatic rings. The fourth-order valence-corrected chi connectivity index (χ4v) is 1.46. The maximum atomic E-state index is 10.1. The molecule has 8 heteroatoms. The van der Waals surface area contributed by atoms with Gasteiger partial charge in [-0.05, 0) is 12.3 Å². The molecule has 2 atom stereocenters. The minimum absolute atomic E-state index is 0. The first-order valence-corrected chi connectivity index (χ1v) is 5.50. The predicted molar refractivity (Wildman–Crippen MR) is 80.3 cm³/mol. The Morgan fingerprint density at radius 3 is 2.00 bits per heavy atom. The fourth-order valence-electron chi connectivity index (χ4n) is 1.46. The van der Waals surface area contributed by atoms with Gasteiger partial charge in [-0.25, -0.2) is 0 Å². The van der Waals surface area contributed by atoms with Gasteiger partial charge in [-0.15, -0.1) is 0 Å². The molecule has 0 saturated heterocycles. The first kappa shape index (κ1) is 37.7. The maximum absolute atomic E-state index is 10.1. The summed E-state index contributed by atoms with van der Waals surface area (Å²) in [5, 5.41) is 17.8. The molecule has 0 aromatic heterocycles. The van der Waals surface area contributed by atoms with Crippen LogP contribution in [0.4, 0.5) is 0 Å². The van der Waals surface area contributed by atoms with E-state index in [2.05, 4.69) is 17.1 Å². The Bertz CT molecular complexity index is 194. The van der Waals surface area contributed by atoms with E-state index >= 15 is 0 Å². The standard InChI is InChI=1S/C6H11BO.C4H8NO2.CH4O.2CH3.V.W/c7-6-2-1-5(3-6)4-8;1-5-4(6)3-7-2;1-2;;;;/h5-6,8H,1-4H2;1,3H2,2H3,(H,5,6);2H,1H3;2*1H3;;/q;-1;;2*-1;;+2. The number of nitrogens with one attached hydrogen (secondary N) is 1. The van der Waals surface area contributed by atoms with Crippen LogP contribution in [0.1, 0.15) is 19.3 Å². The van der Waals surface area contributed by atoms with Crippen LogP contribution >= 0.6 is 0 Å². The third-order valence-corrected chi connectivity index (χ3v) is 2.31. The minimum Gasteiger partial charge on any atom is -0.506 e. The molecule has 3 N–H and O–H groups in total. The van der Waals surface area contributed by atoms with Crippen LogP contribution in [0.5, 0.6) is 0 Å². The van der Waals surface area contributed by atoms with Gasteiger partial charge >= 0.3 is 21.1 Å². The van der Waals surface area contributed by atoms with Gasteiger partial charge in [0.15, 0.2) is 0 Å². The summed E-state index contributed by atoms with van der Waals surface area (Å²) in [6.45, 7) is 0.414. The Balaban J connectivity index is -0.0000000411. The Kier molecular flexibility index (Phi) is 51.7. The van der Waals surface area contributed by atoms with Crippen molar-refractivity contribution in [3.05, 3.63) is 21.9 Å². The average molecular weight is 509 g/mol. The zero-order chi connectivity index (χ0) is 13.7. The number of ether oxygens (including phenoxy) is 1. The van der Waals surface area contributed by atoms with Gasteiger partial charge < -0.3 is 35.1 Å². The van der Waals surface area contributed by atoms with Crippen molar-refractivity contribution in [2.45, 2.75) is 25.1 Å². The van der Waals surface area contributed by atoms with E-state index in [9.17, 15) is 4.79 Å². The van der Waals surface area contributed by atoms with Gasteiger partial charge in [0.25, 0.3) is 0 Å². The molecule has 125 valence electrons. The molecule has 1 rings (SSSR count). The number of carbonyl (C=O) groups is 1. The van der Waals surface area contributed by atoms with Crippen molar-refractivity contribution in [2.24, 2.45) is 5.92 Å². The number of aliphatic hydroxyl groups excluding tert-OH is 2. The van der Waals surface area contributed by atoms with Crippen molar-refractivity contribution >= 4 is 13.8 Å². The number of hydrogen-bond acceptors (Lipinski definition) is 4. The van der Waals surface area contributed by atoms with Gasteiger partial charge in [-0.1, -0.05) is 18.7 Å². The van der Waals surface area contributed by atoms with E-state index in [-0.39, 0.29) is 67.0 Å². The molecule has 0 aliphatic heterocycles. The molecule has 21 heavy (non-hydrogen) atoms. The number of methoxy groups -OCH3 is 1. The monoisotopic (exact) mass is 509 g/mol. The number of rotatable bonds is 3. The molecule has 3 radical (unpaired) electrons. The van der Waals surface area contributed by atoms with Crippen molar-refractivity contribution in [2.75, 3.05) is 27.4 Å². The van der Waals surface area contributed by atoms with Gasteiger partial charge in [-0.2, -0.15) is 0 Å². The Morgan fingerprint density at radius 1 is 1.38 bits per heavy atom. The summed E-state index contributed by atoms with van der Waals surface area (Å²) in [6, 6.07) is 0. The molecule has 0 heterocycles. The summed E-state index contributed by atoms with van der Waals surface area (Å²) < 4.78 is 4.44. The second-order valence-electron chi connectivity index (χ2n) is 3.65. The molecule has 1 fully saturated rings. The molecule has 5 nitrogen and oxygen atoms in total. The van der Waals surface area contributed by atoms with Crippen LogP contribution in [0.3, 0.4) is 0 Å². The van der Waals surface area contributed by atoms with Crippen molar-refractivity contribution in [3.63, 3.8) is 0 Å². The summed E-state index contributed by atoms with van der Waals surface area (Å²) in [5.41, 5.74) is 0. The quantitative estimate of drug-likeness (QED) is 0.389. The second-order valence-corrected chi connectivity index (χ2v) is 3.65. The van der Waals surface area contributed by atoms with E-state index in [1.807, 2.05) is 0 Å². The smallest absolute Gasteiger partial charge is 0.506 e. The fraction of sp³-hybridized carbons (Fsp3) is 0.692. The van der Waals surface area contributed by atoms with Crippen molar-refractivity contribution in [3.8, 4) is 0 Å². The Labute approximate surface area is 158 Å². The normalized spacial score (nSPS) is 17.6. The van der Waals surface area contributed by atoms with Crippen molar-refractivity contribution in [1.82, 2.24) is 5.32 Å². The molecular formula is C13H29BNO4VW-. The molecule has 1 aliphatic rings. The van der Waals surface area contributed by atoms with E-state index in [4.69, 9.17) is 18.1 Å². The molecule has 1 aliphatic carbocycles. The number of aliphatic hydroxyl groups is 2. The van der Waals surface area contributed by atoms with Gasteiger partial charge in [-0.3, -0.25) is 11.8 Å². The first-order valence-electron chi connectivity index (χ1n) is 5.50. The zero-order valence-electron chi connectivity index (χ0n) is 13.5. The van der Waals surface area contributed by atoms with E-state index in [1.54, 1.807) is 0 Å². The molecular weight excluding hydrogens is 480 g/mol. The predicted octanol–water partition coefficient (Wildman–Crippen LogP) is 0.780. The maximum Gasteiger partial charge on any atom is 2.00 e. The molecule has 2 unspecified atom stereocenters. The average Bonchev–Trinajstić information content (AvgIpc) is 2.79. The summed E-state index contributed by atoms with van der Waals surface area (Å²) in [4.78, 5) is 10.1. The molecule has 0 spiro atoms. The van der Waals surface area contributed by atoms with E-state index in [0.29, 0.717) is 18.3 Å². The summed E-state index contributed by atoms with van der Waals surface area (Å²) >= 11 is 0. The topological polar surface area (TPSA) is 78.8 Å². The molecule has 1 saturated carbocycles. The molecule has 0 aromatic carbocycles. The Morgan fingerprint density at radius 2 is 1.86 bits per heavy atom. The number of carbonyl (C=O) groups excluding carboxylic acids is 1. The van der Waals surface area contributed by atoms with Gasteiger partial charge in [0.1, 0.15) is 6.61 Å². The van der Waals surface area contributed by atoms with Gasteiger partial charge in [0.2, 0.25) is 5.91 Å². The van der Waals surface area contributed by atoms with E-state index in [1.165, 1.54) is 7.11 Å². The van der Waals surface area contributed by atoms with Crippen LogP contribution < -0.4 is 5.32 Å². The molecule has 1 amide bonds. The van der Waals surface area contributed by atoms with Crippen molar-refractivity contribution < 1.29 is 59.4 Å². The summed E-state index contributed by atoms with van der Waals surface area (Å²) in [7, 11) is 11.2. The number of hydrogen-bond donors (Lipinski definition) is 3. The first-order chi connectivity index (χ1) is 8.13. The summed E-state index contributed by atoms with van der Waals surface area (Å²) in [6.07, 6.45) is 3.25. The van der Waals surface area contributed by atoms with Crippen molar-refractivity contribution in [1.29, 1.82) is 0 Å². The zero-order valence-corrected chi connectivity index (χ0v) is 17.9. The Hall–Kier alpha value is 0.688. The van der Waals surface area contributed by atoms with E-state index < -0.39 is 0 Å². The van der Waals surface area contributed by atoms with Crippen LogP contribution in [0, 0.1) is 27.8 Å². The van der Waals surface area contributed by atoms with Crippen LogP contribution in [0.25, 0.3) is 0 Å². The van der Waals surface area contributed by atoms with Crippen LogP contribution in [-0.2, 0) is 49.2 Å². The summed E-state index contributed by atoms with van der Waals surface area (Å²) in [5.74, 6) is 0.666. The SMILES string of the molecule is CO.[B]C1CCC(CO)C1.[CH2-]NC(=O)COC.[CH3-].[CH3-].[V].[W+2]. The van der Waals surface area contributed by atoms with Gasteiger partial charge in [0, 0.05) is 39.4 Å². The number of amides is 1. The third kappa shape index (κ3) is 25.9. The third-order valence-electron chi connectivity index (χ3n) is 2.31. The minimum atomic E-state index is -0.206.